The number of pyridine rings is 1. The molecule has 0 spiro atoms. The number of H-pyrrole nitrogens is 1. The highest BCUT2D eigenvalue weighted by atomic mass is 19.3. The zero-order valence-electron chi connectivity index (χ0n) is 5.97. The molecule has 1 heterocycles. The Bertz CT molecular complexity index is 347. The zero-order chi connectivity index (χ0) is 9.30. The van der Waals surface area contributed by atoms with Crippen LogP contribution in [0.4, 0.5) is 20.3 Å². The molecule has 5 N–H and O–H groups in total. The minimum Gasteiger partial charge on any atom is -0.395 e. The van der Waals surface area contributed by atoms with Crippen LogP contribution in [0.15, 0.2) is 10.9 Å². The maximum Gasteiger partial charge on any atom is 0.266 e. The first-order valence-electron chi connectivity index (χ1n) is 3.08. The molecule has 0 unspecified atom stereocenters. The predicted molar refractivity (Wildman–Crippen MR) is 40.8 cm³/mol. The largest absolute Gasteiger partial charge is 0.395 e. The van der Waals surface area contributed by atoms with E-state index >= 15 is 0 Å². The Morgan fingerprint density at radius 2 is 2.00 bits per heavy atom. The molecule has 0 aliphatic heterocycles. The molecule has 0 fully saturated rings. The molecule has 0 saturated heterocycles. The Morgan fingerprint density at radius 3 is 2.50 bits per heavy atom. The monoisotopic (exact) mass is 175 g/mol. The Morgan fingerprint density at radius 1 is 1.42 bits per heavy atom. The van der Waals surface area contributed by atoms with Gasteiger partial charge in [0.15, 0.2) is 0 Å². The predicted octanol–water partition coefficient (Wildman–Crippen LogP) is 0.477. The Hall–Kier alpha value is -1.59. The van der Waals surface area contributed by atoms with E-state index in [2.05, 4.69) is 4.98 Å². The van der Waals surface area contributed by atoms with Crippen molar-refractivity contribution >= 4 is 11.5 Å². The van der Waals surface area contributed by atoms with Crippen molar-refractivity contribution in [3.8, 4) is 0 Å². The average molecular weight is 175 g/mol. The fourth-order valence-electron chi connectivity index (χ4n) is 0.791. The van der Waals surface area contributed by atoms with Gasteiger partial charge in [-0.2, -0.15) is 0 Å². The molecule has 0 aromatic carbocycles. The van der Waals surface area contributed by atoms with Crippen LogP contribution < -0.4 is 17.0 Å². The average Bonchev–Trinajstić information content (AvgIpc) is 1.96. The summed E-state index contributed by atoms with van der Waals surface area (Å²) >= 11 is 0. The number of rotatable bonds is 1. The number of nitrogens with two attached hydrogens (primary N) is 2. The van der Waals surface area contributed by atoms with Crippen LogP contribution in [0.25, 0.3) is 0 Å². The Kier molecular flexibility index (Phi) is 1.99. The normalized spacial score (nSPS) is 10.6. The number of aromatic amines is 1. The lowest BCUT2D eigenvalue weighted by Gasteiger charge is -2.05. The van der Waals surface area contributed by atoms with Gasteiger partial charge >= 0.3 is 0 Å². The first kappa shape index (κ1) is 8.51. The van der Waals surface area contributed by atoms with Gasteiger partial charge in [0, 0.05) is 11.6 Å². The van der Waals surface area contributed by atoms with E-state index in [1.807, 2.05) is 0 Å². The van der Waals surface area contributed by atoms with Crippen molar-refractivity contribution in [2.24, 2.45) is 0 Å². The van der Waals surface area contributed by atoms with Crippen molar-refractivity contribution in [3.05, 3.63) is 22.0 Å². The van der Waals surface area contributed by atoms with Crippen LogP contribution >= 0.6 is 0 Å². The molecule has 0 bridgehead atoms. The second-order valence-electron chi connectivity index (χ2n) is 2.22. The molecule has 1 rings (SSSR count). The van der Waals surface area contributed by atoms with Crippen molar-refractivity contribution in [3.63, 3.8) is 0 Å². The quantitative estimate of drug-likeness (QED) is 0.580. The van der Waals surface area contributed by atoms with Crippen LogP contribution in [-0.4, -0.2) is 4.98 Å². The standard InChI is InChI=1S/C6H7F2N3O/c7-5(8)2-1-3(12)11-6(10)4(2)9/h1,5H,9H2,(H3,10,11,12). The van der Waals surface area contributed by atoms with E-state index in [0.717, 1.165) is 6.07 Å². The van der Waals surface area contributed by atoms with Crippen molar-refractivity contribution < 1.29 is 8.78 Å². The number of halogens is 2. The molecule has 0 aliphatic rings. The summed E-state index contributed by atoms with van der Waals surface area (Å²) in [6.45, 7) is 0. The number of hydrogen-bond acceptors (Lipinski definition) is 3. The maximum absolute atomic E-state index is 12.1. The number of hydrogen-bond donors (Lipinski definition) is 3. The molecule has 1 aromatic heterocycles. The Labute approximate surface area is 66.2 Å². The molecule has 1 aromatic rings. The van der Waals surface area contributed by atoms with Crippen molar-refractivity contribution in [1.29, 1.82) is 0 Å². The van der Waals surface area contributed by atoms with E-state index in [9.17, 15) is 13.6 Å². The number of alkyl halides is 2. The molecular formula is C6H7F2N3O. The molecule has 12 heavy (non-hydrogen) atoms. The van der Waals surface area contributed by atoms with Crippen molar-refractivity contribution in [2.45, 2.75) is 6.43 Å². The molecule has 4 nitrogen and oxygen atoms in total. The number of anilines is 2. The molecule has 0 radical (unpaired) electrons. The van der Waals surface area contributed by atoms with Crippen LogP contribution in [0.5, 0.6) is 0 Å². The smallest absolute Gasteiger partial charge is 0.266 e. The summed E-state index contributed by atoms with van der Waals surface area (Å²) in [4.78, 5) is 12.7. The summed E-state index contributed by atoms with van der Waals surface area (Å²) in [5.41, 5.74) is 8.83. The lowest BCUT2D eigenvalue weighted by Crippen LogP contribution is -2.13. The van der Waals surface area contributed by atoms with E-state index in [-0.39, 0.29) is 11.5 Å². The highest BCUT2D eigenvalue weighted by Crippen LogP contribution is 2.25. The number of aromatic nitrogens is 1. The third kappa shape index (κ3) is 1.36. The summed E-state index contributed by atoms with van der Waals surface area (Å²) in [5, 5.41) is 0. The summed E-state index contributed by atoms with van der Waals surface area (Å²) < 4.78 is 24.2. The van der Waals surface area contributed by atoms with E-state index < -0.39 is 17.5 Å². The third-order valence-electron chi connectivity index (χ3n) is 1.38. The lowest BCUT2D eigenvalue weighted by atomic mass is 10.2. The van der Waals surface area contributed by atoms with Gasteiger partial charge in [-0.1, -0.05) is 0 Å². The minimum atomic E-state index is -2.78. The van der Waals surface area contributed by atoms with Crippen LogP contribution in [0.2, 0.25) is 0 Å². The molecule has 0 atom stereocenters. The van der Waals surface area contributed by atoms with E-state index in [4.69, 9.17) is 11.5 Å². The molecule has 0 amide bonds. The summed E-state index contributed by atoms with van der Waals surface area (Å²) in [6, 6.07) is 0.732. The van der Waals surface area contributed by atoms with Gasteiger partial charge in [0.25, 0.3) is 6.43 Å². The highest BCUT2D eigenvalue weighted by Gasteiger charge is 2.13. The van der Waals surface area contributed by atoms with E-state index in [0.29, 0.717) is 0 Å². The molecular weight excluding hydrogens is 168 g/mol. The van der Waals surface area contributed by atoms with Crippen LogP contribution in [0.1, 0.15) is 12.0 Å². The minimum absolute atomic E-state index is 0.224. The van der Waals surface area contributed by atoms with Crippen LogP contribution in [0, 0.1) is 0 Å². The molecule has 0 saturated carbocycles. The van der Waals surface area contributed by atoms with Crippen molar-refractivity contribution in [1.82, 2.24) is 4.98 Å². The maximum atomic E-state index is 12.1. The second-order valence-corrected chi connectivity index (χ2v) is 2.22. The molecule has 6 heteroatoms. The fraction of sp³-hybridized carbons (Fsp3) is 0.167. The lowest BCUT2D eigenvalue weighted by molar-refractivity contribution is 0.152. The van der Waals surface area contributed by atoms with Gasteiger partial charge < -0.3 is 16.5 Å². The summed E-state index contributed by atoms with van der Waals surface area (Å²) in [7, 11) is 0. The SMILES string of the molecule is Nc1[nH]c(=O)cc(C(F)F)c1N. The highest BCUT2D eigenvalue weighted by molar-refractivity contribution is 5.62. The number of nitrogen functional groups attached to an aromatic ring is 2. The first-order valence-corrected chi connectivity index (χ1v) is 3.08. The van der Waals surface area contributed by atoms with Gasteiger partial charge in [0.1, 0.15) is 5.82 Å². The van der Waals surface area contributed by atoms with Crippen LogP contribution in [0.3, 0.4) is 0 Å². The van der Waals surface area contributed by atoms with Gasteiger partial charge in [-0.15, -0.1) is 0 Å². The van der Waals surface area contributed by atoms with Crippen LogP contribution in [-0.2, 0) is 0 Å². The van der Waals surface area contributed by atoms with Gasteiger partial charge in [-0.05, 0) is 0 Å². The second kappa shape index (κ2) is 2.80. The Balaban J connectivity index is 3.38. The fourth-order valence-corrected chi connectivity index (χ4v) is 0.791. The summed E-state index contributed by atoms with van der Waals surface area (Å²) in [6.07, 6.45) is -2.78. The van der Waals surface area contributed by atoms with E-state index in [1.54, 1.807) is 0 Å². The zero-order valence-corrected chi connectivity index (χ0v) is 5.97. The molecule has 66 valence electrons. The first-order chi connectivity index (χ1) is 5.52. The molecule has 0 aliphatic carbocycles. The summed E-state index contributed by atoms with van der Waals surface area (Å²) in [5.74, 6) is -0.224. The topological polar surface area (TPSA) is 84.9 Å². The van der Waals surface area contributed by atoms with E-state index in [1.165, 1.54) is 0 Å². The number of nitrogens with one attached hydrogen (secondary N) is 1. The van der Waals surface area contributed by atoms with Gasteiger partial charge in [0.2, 0.25) is 5.56 Å². The van der Waals surface area contributed by atoms with Gasteiger partial charge in [0.05, 0.1) is 5.69 Å². The third-order valence-corrected chi connectivity index (χ3v) is 1.38. The van der Waals surface area contributed by atoms with Crippen molar-refractivity contribution in [2.75, 3.05) is 11.5 Å². The van der Waals surface area contributed by atoms with Gasteiger partial charge in [-0.3, -0.25) is 4.79 Å². The van der Waals surface area contributed by atoms with Gasteiger partial charge in [-0.25, -0.2) is 8.78 Å².